The molecule has 6 nitrogen and oxygen atoms in total. The highest BCUT2D eigenvalue weighted by molar-refractivity contribution is 7.89. The number of anilines is 1. The second-order valence-electron chi connectivity index (χ2n) is 6.38. The Balaban J connectivity index is 2.12. The zero-order valence-corrected chi connectivity index (χ0v) is 16.5. The topological polar surface area (TPSA) is 75.7 Å². The SMILES string of the molecule is COc1ccc(F)cc1S(=O)(=O)N(C)CC(=O)Nc1ccc(C(C)C)cc1. The van der Waals surface area contributed by atoms with Crippen LogP contribution in [0.3, 0.4) is 0 Å². The largest absolute Gasteiger partial charge is 0.495 e. The van der Waals surface area contributed by atoms with E-state index in [0.717, 1.165) is 22.0 Å². The highest BCUT2D eigenvalue weighted by atomic mass is 32.2. The fourth-order valence-electron chi connectivity index (χ4n) is 2.46. The van der Waals surface area contributed by atoms with E-state index in [0.29, 0.717) is 11.6 Å². The lowest BCUT2D eigenvalue weighted by molar-refractivity contribution is -0.116. The van der Waals surface area contributed by atoms with Crippen LogP contribution in [0.4, 0.5) is 10.1 Å². The first-order chi connectivity index (χ1) is 12.6. The van der Waals surface area contributed by atoms with Gasteiger partial charge in [-0.1, -0.05) is 26.0 Å². The van der Waals surface area contributed by atoms with Crippen LogP contribution < -0.4 is 10.1 Å². The number of likely N-dealkylation sites (N-methyl/N-ethyl adjacent to an activating group) is 1. The van der Waals surface area contributed by atoms with E-state index in [1.165, 1.54) is 20.2 Å². The minimum absolute atomic E-state index is 0.00734. The molecule has 0 saturated heterocycles. The third kappa shape index (κ3) is 5.05. The number of carbonyl (C=O) groups is 1. The van der Waals surface area contributed by atoms with E-state index in [1.54, 1.807) is 12.1 Å². The Labute approximate surface area is 159 Å². The Bertz CT molecular complexity index is 912. The lowest BCUT2D eigenvalue weighted by Crippen LogP contribution is -2.35. The summed E-state index contributed by atoms with van der Waals surface area (Å²) >= 11 is 0. The van der Waals surface area contributed by atoms with E-state index >= 15 is 0 Å². The number of methoxy groups -OCH3 is 1. The van der Waals surface area contributed by atoms with Crippen molar-refractivity contribution in [3.63, 3.8) is 0 Å². The number of carbonyl (C=O) groups excluding carboxylic acids is 1. The number of benzene rings is 2. The van der Waals surface area contributed by atoms with Gasteiger partial charge in [-0.2, -0.15) is 4.31 Å². The number of nitrogens with zero attached hydrogens (tertiary/aromatic N) is 1. The molecule has 0 fully saturated rings. The quantitative estimate of drug-likeness (QED) is 0.782. The van der Waals surface area contributed by atoms with Gasteiger partial charge in [-0.05, 0) is 41.8 Å². The van der Waals surface area contributed by atoms with Crippen LogP contribution in [-0.2, 0) is 14.8 Å². The van der Waals surface area contributed by atoms with Crippen molar-refractivity contribution in [1.82, 2.24) is 4.31 Å². The minimum atomic E-state index is -4.10. The Kier molecular flexibility index (Phi) is 6.56. The fourth-order valence-corrected chi connectivity index (χ4v) is 3.75. The summed E-state index contributed by atoms with van der Waals surface area (Å²) in [7, 11) is -1.56. The van der Waals surface area contributed by atoms with Crippen LogP contribution in [0.1, 0.15) is 25.3 Å². The molecule has 2 rings (SSSR count). The standard InChI is InChI=1S/C19H23FN2O4S/c1-13(2)14-5-8-16(9-6-14)21-19(23)12-22(3)27(24,25)18-11-15(20)7-10-17(18)26-4/h5-11,13H,12H2,1-4H3,(H,21,23). The number of hydrogen-bond donors (Lipinski definition) is 1. The lowest BCUT2D eigenvalue weighted by Gasteiger charge is -2.18. The van der Waals surface area contributed by atoms with Gasteiger partial charge in [-0.25, -0.2) is 12.8 Å². The van der Waals surface area contributed by atoms with Crippen LogP contribution in [0.5, 0.6) is 5.75 Å². The smallest absolute Gasteiger partial charge is 0.247 e. The number of rotatable bonds is 7. The molecule has 0 bridgehead atoms. The number of amides is 1. The van der Waals surface area contributed by atoms with Gasteiger partial charge in [0.2, 0.25) is 15.9 Å². The summed E-state index contributed by atoms with van der Waals surface area (Å²) in [6, 6.07) is 10.5. The zero-order valence-electron chi connectivity index (χ0n) is 15.7. The average Bonchev–Trinajstić information content (AvgIpc) is 2.61. The van der Waals surface area contributed by atoms with Crippen molar-refractivity contribution in [3.05, 3.63) is 53.8 Å². The molecule has 1 N–H and O–H groups in total. The molecule has 8 heteroatoms. The summed E-state index contributed by atoms with van der Waals surface area (Å²) in [5.41, 5.74) is 1.70. The summed E-state index contributed by atoms with van der Waals surface area (Å²) in [6.07, 6.45) is 0. The predicted octanol–water partition coefficient (Wildman–Crippen LogP) is 3.22. The van der Waals surface area contributed by atoms with Gasteiger partial charge < -0.3 is 10.1 Å². The number of nitrogens with one attached hydrogen (secondary N) is 1. The molecule has 0 heterocycles. The molecule has 0 atom stereocenters. The molecule has 0 spiro atoms. The monoisotopic (exact) mass is 394 g/mol. The van der Waals surface area contributed by atoms with Crippen LogP contribution in [0.25, 0.3) is 0 Å². The second kappa shape index (κ2) is 8.49. The Morgan fingerprint density at radius 3 is 2.37 bits per heavy atom. The van der Waals surface area contributed by atoms with Crippen molar-refractivity contribution in [2.24, 2.45) is 0 Å². The third-order valence-electron chi connectivity index (χ3n) is 4.04. The fraction of sp³-hybridized carbons (Fsp3) is 0.316. The van der Waals surface area contributed by atoms with Crippen LogP contribution in [0.2, 0.25) is 0 Å². The van der Waals surface area contributed by atoms with Crippen LogP contribution >= 0.6 is 0 Å². The van der Waals surface area contributed by atoms with E-state index < -0.39 is 28.3 Å². The Hall–Kier alpha value is -2.45. The molecule has 0 aromatic heterocycles. The van der Waals surface area contributed by atoms with Crippen molar-refractivity contribution in [3.8, 4) is 5.75 Å². The summed E-state index contributed by atoms with van der Waals surface area (Å²) in [5, 5.41) is 2.65. The molecular weight excluding hydrogens is 371 g/mol. The molecule has 0 aliphatic rings. The van der Waals surface area contributed by atoms with Crippen LogP contribution in [0, 0.1) is 5.82 Å². The van der Waals surface area contributed by atoms with Gasteiger partial charge in [0.05, 0.1) is 13.7 Å². The molecule has 27 heavy (non-hydrogen) atoms. The van der Waals surface area contributed by atoms with Gasteiger partial charge in [-0.15, -0.1) is 0 Å². The Morgan fingerprint density at radius 2 is 1.81 bits per heavy atom. The first-order valence-electron chi connectivity index (χ1n) is 8.35. The molecule has 0 unspecified atom stereocenters. The maximum Gasteiger partial charge on any atom is 0.247 e. The van der Waals surface area contributed by atoms with Crippen molar-refractivity contribution < 1.29 is 22.3 Å². The molecule has 0 saturated carbocycles. The van der Waals surface area contributed by atoms with Crippen LogP contribution in [0.15, 0.2) is 47.4 Å². The molecule has 146 valence electrons. The van der Waals surface area contributed by atoms with Crippen molar-refractivity contribution in [1.29, 1.82) is 0 Å². The normalized spacial score (nSPS) is 11.7. The highest BCUT2D eigenvalue weighted by Crippen LogP contribution is 2.27. The number of sulfonamides is 1. The maximum atomic E-state index is 13.5. The van der Waals surface area contributed by atoms with E-state index in [1.807, 2.05) is 12.1 Å². The van der Waals surface area contributed by atoms with Crippen molar-refractivity contribution in [2.45, 2.75) is 24.7 Å². The van der Waals surface area contributed by atoms with Gasteiger partial charge in [0, 0.05) is 12.7 Å². The highest BCUT2D eigenvalue weighted by Gasteiger charge is 2.27. The van der Waals surface area contributed by atoms with E-state index in [9.17, 15) is 17.6 Å². The molecule has 0 aliphatic heterocycles. The minimum Gasteiger partial charge on any atom is -0.495 e. The molecule has 2 aromatic rings. The Morgan fingerprint density at radius 1 is 1.19 bits per heavy atom. The zero-order chi connectivity index (χ0) is 20.2. The first kappa shape index (κ1) is 20.9. The van der Waals surface area contributed by atoms with Gasteiger partial charge in [-0.3, -0.25) is 4.79 Å². The maximum absolute atomic E-state index is 13.5. The van der Waals surface area contributed by atoms with Gasteiger partial charge in [0.1, 0.15) is 16.5 Å². The van der Waals surface area contributed by atoms with E-state index in [4.69, 9.17) is 4.74 Å². The molecule has 0 aliphatic carbocycles. The predicted molar refractivity (Wildman–Crippen MR) is 102 cm³/mol. The molecule has 0 radical (unpaired) electrons. The third-order valence-corrected chi connectivity index (χ3v) is 5.87. The second-order valence-corrected chi connectivity index (χ2v) is 8.39. The van der Waals surface area contributed by atoms with Gasteiger partial charge in [0.15, 0.2) is 0 Å². The molecule has 2 aromatic carbocycles. The number of ether oxygens (including phenoxy) is 1. The molecular formula is C19H23FN2O4S. The number of hydrogen-bond acceptors (Lipinski definition) is 4. The lowest BCUT2D eigenvalue weighted by atomic mass is 10.0. The average molecular weight is 394 g/mol. The summed E-state index contributed by atoms with van der Waals surface area (Å²) in [5.74, 6) is -0.841. The van der Waals surface area contributed by atoms with Crippen LogP contribution in [-0.4, -0.2) is 39.3 Å². The van der Waals surface area contributed by atoms with Gasteiger partial charge in [0.25, 0.3) is 0 Å². The molecule has 1 amide bonds. The van der Waals surface area contributed by atoms with E-state index in [-0.39, 0.29) is 10.6 Å². The number of halogens is 1. The summed E-state index contributed by atoms with van der Waals surface area (Å²) < 4.78 is 44.7. The van der Waals surface area contributed by atoms with Gasteiger partial charge >= 0.3 is 0 Å². The first-order valence-corrected chi connectivity index (χ1v) is 9.79. The van der Waals surface area contributed by atoms with E-state index in [2.05, 4.69) is 19.2 Å². The van der Waals surface area contributed by atoms with Crippen molar-refractivity contribution in [2.75, 3.05) is 26.0 Å². The summed E-state index contributed by atoms with van der Waals surface area (Å²) in [4.78, 5) is 11.9. The van der Waals surface area contributed by atoms with Crippen molar-refractivity contribution >= 4 is 21.6 Å². The summed E-state index contributed by atoms with van der Waals surface area (Å²) in [6.45, 7) is 3.70.